The van der Waals surface area contributed by atoms with Crippen LogP contribution in [0.3, 0.4) is 0 Å². The molecule has 0 aliphatic rings. The number of nitrogens with one attached hydrogen (secondary N) is 3. The van der Waals surface area contributed by atoms with Gasteiger partial charge in [0.05, 0.1) is 4.90 Å². The van der Waals surface area contributed by atoms with E-state index in [0.29, 0.717) is 12.4 Å². The molecule has 0 aliphatic carbocycles. The van der Waals surface area contributed by atoms with E-state index in [2.05, 4.69) is 25.2 Å². The lowest BCUT2D eigenvalue weighted by molar-refractivity contribution is 0.600. The van der Waals surface area contributed by atoms with E-state index in [4.69, 9.17) is 0 Å². The SMILES string of the molecule is CCCNc1cc(S(=O)(=O)Nc2ccc(=O)[nH]n2)ccn1. The van der Waals surface area contributed by atoms with Gasteiger partial charge >= 0.3 is 0 Å². The van der Waals surface area contributed by atoms with Crippen LogP contribution in [-0.4, -0.2) is 30.1 Å². The normalized spacial score (nSPS) is 11.1. The maximum absolute atomic E-state index is 12.2. The average molecular weight is 309 g/mol. The number of H-pyrrole nitrogens is 1. The molecule has 0 spiro atoms. The predicted octanol–water partition coefficient (Wildman–Crippen LogP) is 0.788. The second-order valence-electron chi connectivity index (χ2n) is 4.22. The van der Waals surface area contributed by atoms with Crippen LogP contribution < -0.4 is 15.6 Å². The molecule has 0 aromatic carbocycles. The molecule has 2 heterocycles. The van der Waals surface area contributed by atoms with Crippen LogP contribution in [0.2, 0.25) is 0 Å². The Morgan fingerprint density at radius 1 is 1.24 bits per heavy atom. The van der Waals surface area contributed by atoms with Gasteiger partial charge in [0.1, 0.15) is 5.82 Å². The number of aromatic nitrogens is 3. The van der Waals surface area contributed by atoms with Gasteiger partial charge < -0.3 is 5.32 Å². The van der Waals surface area contributed by atoms with Crippen molar-refractivity contribution in [3.63, 3.8) is 0 Å². The summed E-state index contributed by atoms with van der Waals surface area (Å²) in [4.78, 5) is 15.0. The number of aromatic amines is 1. The number of anilines is 2. The van der Waals surface area contributed by atoms with Gasteiger partial charge in [0.15, 0.2) is 5.82 Å². The Labute approximate surface area is 121 Å². The molecule has 21 heavy (non-hydrogen) atoms. The highest BCUT2D eigenvalue weighted by atomic mass is 32.2. The maximum atomic E-state index is 12.2. The summed E-state index contributed by atoms with van der Waals surface area (Å²) < 4.78 is 26.7. The lowest BCUT2D eigenvalue weighted by atomic mass is 10.4. The van der Waals surface area contributed by atoms with Crippen molar-refractivity contribution in [1.29, 1.82) is 0 Å². The Kier molecular flexibility index (Phi) is 4.53. The van der Waals surface area contributed by atoms with Crippen molar-refractivity contribution in [1.82, 2.24) is 15.2 Å². The van der Waals surface area contributed by atoms with E-state index in [0.717, 1.165) is 6.42 Å². The van der Waals surface area contributed by atoms with Crippen LogP contribution in [0.5, 0.6) is 0 Å². The van der Waals surface area contributed by atoms with Crippen LogP contribution in [0.15, 0.2) is 40.2 Å². The highest BCUT2D eigenvalue weighted by Crippen LogP contribution is 2.15. The standard InChI is InChI=1S/C12H15N5O3S/c1-2-6-13-11-8-9(5-7-14-11)21(19,20)17-10-3-4-12(18)16-15-10/h3-5,7-8H,2,6H2,1H3,(H,13,14)(H,15,17)(H,16,18). The molecule has 8 nitrogen and oxygen atoms in total. The van der Waals surface area contributed by atoms with Crippen LogP contribution in [0.25, 0.3) is 0 Å². The summed E-state index contributed by atoms with van der Waals surface area (Å²) in [6.07, 6.45) is 2.31. The maximum Gasteiger partial charge on any atom is 0.264 e. The third-order valence-corrected chi connectivity index (χ3v) is 3.87. The molecule has 0 saturated heterocycles. The second-order valence-corrected chi connectivity index (χ2v) is 5.90. The van der Waals surface area contributed by atoms with Crippen molar-refractivity contribution in [2.75, 3.05) is 16.6 Å². The first-order chi connectivity index (χ1) is 10.0. The quantitative estimate of drug-likeness (QED) is 0.726. The highest BCUT2D eigenvalue weighted by molar-refractivity contribution is 7.92. The fraction of sp³-hybridized carbons (Fsp3) is 0.250. The largest absolute Gasteiger partial charge is 0.370 e. The molecule has 0 aliphatic heterocycles. The topological polar surface area (TPSA) is 117 Å². The second kappa shape index (κ2) is 6.35. The number of pyridine rings is 1. The monoisotopic (exact) mass is 309 g/mol. The van der Waals surface area contributed by atoms with Gasteiger partial charge in [0.2, 0.25) is 0 Å². The lowest BCUT2D eigenvalue weighted by Gasteiger charge is -2.08. The first kappa shape index (κ1) is 15.0. The minimum Gasteiger partial charge on any atom is -0.370 e. The summed E-state index contributed by atoms with van der Waals surface area (Å²) in [5.41, 5.74) is -0.409. The summed E-state index contributed by atoms with van der Waals surface area (Å²) in [5.74, 6) is 0.517. The van der Waals surface area contributed by atoms with Crippen molar-refractivity contribution < 1.29 is 8.42 Å². The van der Waals surface area contributed by atoms with Crippen LogP contribution in [-0.2, 0) is 10.0 Å². The van der Waals surface area contributed by atoms with Crippen LogP contribution in [0.1, 0.15) is 13.3 Å². The number of sulfonamides is 1. The van der Waals surface area contributed by atoms with E-state index >= 15 is 0 Å². The van der Waals surface area contributed by atoms with Gasteiger partial charge in [-0.15, -0.1) is 0 Å². The van der Waals surface area contributed by atoms with Crippen molar-refractivity contribution in [3.05, 3.63) is 40.8 Å². The zero-order valence-corrected chi connectivity index (χ0v) is 12.1. The Morgan fingerprint density at radius 2 is 2.05 bits per heavy atom. The van der Waals surface area contributed by atoms with E-state index in [1.807, 2.05) is 6.92 Å². The molecule has 9 heteroatoms. The van der Waals surface area contributed by atoms with Crippen molar-refractivity contribution in [3.8, 4) is 0 Å². The van der Waals surface area contributed by atoms with Gasteiger partial charge in [0.25, 0.3) is 15.6 Å². The fourth-order valence-electron chi connectivity index (χ4n) is 1.53. The minimum atomic E-state index is -3.79. The molecule has 3 N–H and O–H groups in total. The molecule has 112 valence electrons. The molecule has 0 radical (unpaired) electrons. The van der Waals surface area contributed by atoms with Gasteiger partial charge in [-0.1, -0.05) is 6.92 Å². The highest BCUT2D eigenvalue weighted by Gasteiger charge is 2.15. The first-order valence-corrected chi connectivity index (χ1v) is 7.78. The third-order valence-electron chi connectivity index (χ3n) is 2.52. The predicted molar refractivity (Wildman–Crippen MR) is 78.7 cm³/mol. The van der Waals surface area contributed by atoms with E-state index in [-0.39, 0.29) is 10.7 Å². The number of rotatable bonds is 6. The number of hydrogen-bond acceptors (Lipinski definition) is 6. The fourth-order valence-corrected chi connectivity index (χ4v) is 2.54. The van der Waals surface area contributed by atoms with E-state index < -0.39 is 15.6 Å². The molecule has 2 aromatic rings. The van der Waals surface area contributed by atoms with E-state index in [1.165, 1.54) is 30.5 Å². The molecular formula is C12H15N5O3S. The molecule has 0 amide bonds. The van der Waals surface area contributed by atoms with Crippen LogP contribution >= 0.6 is 0 Å². The number of nitrogens with zero attached hydrogens (tertiary/aromatic N) is 2. The summed E-state index contributed by atoms with van der Waals surface area (Å²) in [6.45, 7) is 2.70. The minimum absolute atomic E-state index is 0.0366. The molecular weight excluding hydrogens is 294 g/mol. The molecule has 0 unspecified atom stereocenters. The van der Waals surface area contributed by atoms with Crippen molar-refractivity contribution in [2.24, 2.45) is 0 Å². The molecule has 0 atom stereocenters. The Hall–Kier alpha value is -2.42. The van der Waals surface area contributed by atoms with Crippen molar-refractivity contribution >= 4 is 21.7 Å². The van der Waals surface area contributed by atoms with E-state index in [9.17, 15) is 13.2 Å². The lowest BCUT2D eigenvalue weighted by Crippen LogP contribution is -2.16. The van der Waals surface area contributed by atoms with E-state index in [1.54, 1.807) is 0 Å². The summed E-state index contributed by atoms with van der Waals surface area (Å²) in [7, 11) is -3.79. The molecule has 2 aromatic heterocycles. The molecule has 0 bridgehead atoms. The zero-order chi connectivity index (χ0) is 15.3. The van der Waals surface area contributed by atoms with Gasteiger partial charge in [-0.3, -0.25) is 9.52 Å². The summed E-state index contributed by atoms with van der Waals surface area (Å²) in [5, 5.41) is 8.77. The molecule has 0 fully saturated rings. The van der Waals surface area contributed by atoms with Gasteiger partial charge in [0, 0.05) is 24.9 Å². The molecule has 2 rings (SSSR count). The van der Waals surface area contributed by atoms with Gasteiger partial charge in [-0.2, -0.15) is 5.10 Å². The summed E-state index contributed by atoms with van der Waals surface area (Å²) in [6, 6.07) is 5.29. The summed E-state index contributed by atoms with van der Waals surface area (Å²) >= 11 is 0. The Balaban J connectivity index is 2.22. The Bertz CT molecular complexity index is 752. The average Bonchev–Trinajstić information content (AvgIpc) is 2.48. The Morgan fingerprint density at radius 3 is 2.71 bits per heavy atom. The third kappa shape index (κ3) is 4.02. The number of hydrogen-bond donors (Lipinski definition) is 3. The first-order valence-electron chi connectivity index (χ1n) is 6.30. The van der Waals surface area contributed by atoms with Gasteiger partial charge in [-0.05, 0) is 18.6 Å². The van der Waals surface area contributed by atoms with Crippen LogP contribution in [0.4, 0.5) is 11.6 Å². The van der Waals surface area contributed by atoms with Crippen molar-refractivity contribution in [2.45, 2.75) is 18.2 Å². The van der Waals surface area contributed by atoms with Gasteiger partial charge in [-0.25, -0.2) is 18.5 Å². The van der Waals surface area contributed by atoms with Crippen LogP contribution in [0, 0.1) is 0 Å². The zero-order valence-electron chi connectivity index (χ0n) is 11.3. The smallest absolute Gasteiger partial charge is 0.264 e. The molecule has 0 saturated carbocycles.